The van der Waals surface area contributed by atoms with Crippen molar-refractivity contribution < 1.29 is 4.39 Å². The minimum atomic E-state index is -0.492. The summed E-state index contributed by atoms with van der Waals surface area (Å²) in [6.07, 6.45) is 0. The first kappa shape index (κ1) is 12.6. The molecule has 0 amide bonds. The summed E-state index contributed by atoms with van der Waals surface area (Å²) >= 11 is 1.49. The van der Waals surface area contributed by atoms with Crippen LogP contribution in [0.3, 0.4) is 0 Å². The van der Waals surface area contributed by atoms with Crippen molar-refractivity contribution in [2.45, 2.75) is 6.92 Å². The summed E-state index contributed by atoms with van der Waals surface area (Å²) in [4.78, 5) is 14.4. The third-order valence-electron chi connectivity index (χ3n) is 3.13. The Morgan fingerprint density at radius 3 is 2.90 bits per heavy atom. The summed E-state index contributed by atoms with van der Waals surface area (Å²) in [5, 5.41) is 11.8. The molecule has 20 heavy (non-hydrogen) atoms. The summed E-state index contributed by atoms with van der Waals surface area (Å²) in [5.41, 5.74) is 0.697. The van der Waals surface area contributed by atoms with Crippen LogP contribution in [0.2, 0.25) is 0 Å². The number of H-pyrrole nitrogens is 1. The highest BCUT2D eigenvalue weighted by molar-refractivity contribution is 7.17. The van der Waals surface area contributed by atoms with Crippen LogP contribution in [0.5, 0.6) is 0 Å². The van der Waals surface area contributed by atoms with Crippen LogP contribution in [0.15, 0.2) is 34.4 Å². The predicted octanol–water partition coefficient (Wildman–Crippen LogP) is 3.58. The molecule has 0 saturated heterocycles. The number of nitrogens with zero attached hydrogens (tertiary/aromatic N) is 1. The van der Waals surface area contributed by atoms with Crippen molar-refractivity contribution >= 4 is 21.4 Å². The van der Waals surface area contributed by atoms with E-state index in [1.54, 1.807) is 25.1 Å². The van der Waals surface area contributed by atoms with Crippen LogP contribution in [0.1, 0.15) is 11.3 Å². The number of benzene rings is 1. The molecule has 0 radical (unpaired) electrons. The molecule has 5 heteroatoms. The van der Waals surface area contributed by atoms with Gasteiger partial charge in [-0.15, -0.1) is 11.3 Å². The Morgan fingerprint density at radius 1 is 1.35 bits per heavy atom. The second-order valence-corrected chi connectivity index (χ2v) is 5.38. The van der Waals surface area contributed by atoms with E-state index in [1.165, 1.54) is 17.4 Å². The number of hydrogen-bond donors (Lipinski definition) is 1. The normalized spacial score (nSPS) is 10.7. The van der Waals surface area contributed by atoms with Gasteiger partial charge < -0.3 is 4.98 Å². The zero-order valence-electron chi connectivity index (χ0n) is 10.5. The Bertz CT molecular complexity index is 918. The van der Waals surface area contributed by atoms with E-state index < -0.39 is 11.4 Å². The highest BCUT2D eigenvalue weighted by Gasteiger charge is 2.17. The lowest BCUT2D eigenvalue weighted by atomic mass is 9.97. The standard InChI is InChI=1S/C15H9FN2OS/c1-8-6-10(11(7-17)15(19)18-8)14-9-4-5-20-13(9)3-2-12(14)16/h2-6H,1H3,(H,18,19). The monoisotopic (exact) mass is 284 g/mol. The molecule has 2 heterocycles. The Labute approximate surface area is 117 Å². The van der Waals surface area contributed by atoms with Crippen LogP contribution >= 0.6 is 11.3 Å². The number of aromatic amines is 1. The van der Waals surface area contributed by atoms with Gasteiger partial charge in [0.15, 0.2) is 0 Å². The van der Waals surface area contributed by atoms with Crippen LogP contribution in [-0.2, 0) is 0 Å². The van der Waals surface area contributed by atoms with Crippen molar-refractivity contribution in [2.24, 2.45) is 0 Å². The van der Waals surface area contributed by atoms with Crippen LogP contribution in [0.4, 0.5) is 4.39 Å². The zero-order valence-corrected chi connectivity index (χ0v) is 11.3. The van der Waals surface area contributed by atoms with E-state index in [4.69, 9.17) is 0 Å². The first-order chi connectivity index (χ1) is 9.61. The molecular weight excluding hydrogens is 275 g/mol. The van der Waals surface area contributed by atoms with Gasteiger partial charge in [0.1, 0.15) is 17.4 Å². The molecule has 3 nitrogen and oxygen atoms in total. The van der Waals surface area contributed by atoms with E-state index in [0.717, 1.165) is 10.1 Å². The van der Waals surface area contributed by atoms with E-state index in [1.807, 2.05) is 11.4 Å². The predicted molar refractivity (Wildman–Crippen MR) is 77.3 cm³/mol. The molecule has 0 aliphatic heterocycles. The molecule has 3 aromatic rings. The van der Waals surface area contributed by atoms with Crippen molar-refractivity contribution in [3.8, 4) is 17.2 Å². The number of aryl methyl sites for hydroxylation is 1. The van der Waals surface area contributed by atoms with Crippen LogP contribution in [0.25, 0.3) is 21.2 Å². The van der Waals surface area contributed by atoms with Gasteiger partial charge in [0.2, 0.25) is 0 Å². The fourth-order valence-corrected chi connectivity index (χ4v) is 3.08. The molecule has 0 spiro atoms. The number of halogens is 1. The molecule has 98 valence electrons. The second-order valence-electron chi connectivity index (χ2n) is 4.44. The highest BCUT2D eigenvalue weighted by Crippen LogP contribution is 2.35. The van der Waals surface area contributed by atoms with Gasteiger partial charge in [-0.25, -0.2) is 4.39 Å². The number of aromatic nitrogens is 1. The summed E-state index contributed by atoms with van der Waals surface area (Å²) in [7, 11) is 0. The largest absolute Gasteiger partial charge is 0.325 e. The fraction of sp³-hybridized carbons (Fsp3) is 0.0667. The summed E-state index contributed by atoms with van der Waals surface area (Å²) in [6, 6.07) is 8.37. The van der Waals surface area contributed by atoms with Crippen molar-refractivity contribution in [3.05, 3.63) is 57.1 Å². The van der Waals surface area contributed by atoms with E-state index in [9.17, 15) is 14.4 Å². The van der Waals surface area contributed by atoms with Gasteiger partial charge in [0.05, 0.1) is 0 Å². The summed E-state index contributed by atoms with van der Waals surface area (Å²) in [5.74, 6) is -0.433. The van der Waals surface area contributed by atoms with E-state index in [0.29, 0.717) is 16.8 Å². The first-order valence-electron chi connectivity index (χ1n) is 5.92. The van der Waals surface area contributed by atoms with Crippen LogP contribution < -0.4 is 5.56 Å². The van der Waals surface area contributed by atoms with Gasteiger partial charge in [-0.1, -0.05) is 0 Å². The Kier molecular flexibility index (Phi) is 2.88. The number of rotatable bonds is 1. The Morgan fingerprint density at radius 2 is 2.15 bits per heavy atom. The first-order valence-corrected chi connectivity index (χ1v) is 6.80. The molecule has 0 fully saturated rings. The molecule has 1 N–H and O–H groups in total. The minimum absolute atomic E-state index is 0.0619. The number of nitriles is 1. The van der Waals surface area contributed by atoms with Crippen molar-refractivity contribution in [1.82, 2.24) is 4.98 Å². The SMILES string of the molecule is Cc1cc(-c2c(F)ccc3sccc23)c(C#N)c(=O)[nH]1. The lowest BCUT2D eigenvalue weighted by molar-refractivity contribution is 0.633. The van der Waals surface area contributed by atoms with Gasteiger partial charge >= 0.3 is 0 Å². The van der Waals surface area contributed by atoms with E-state index >= 15 is 0 Å². The average molecular weight is 284 g/mol. The molecule has 0 atom stereocenters. The third kappa shape index (κ3) is 1.82. The molecule has 1 aromatic carbocycles. The van der Waals surface area contributed by atoms with Gasteiger partial charge in [-0.05, 0) is 36.6 Å². The molecular formula is C15H9FN2OS. The summed E-state index contributed by atoms with van der Waals surface area (Å²) < 4.78 is 15.2. The van der Waals surface area contributed by atoms with Gasteiger partial charge in [0.25, 0.3) is 5.56 Å². The molecule has 0 aliphatic rings. The molecule has 3 rings (SSSR count). The number of pyridine rings is 1. The quantitative estimate of drug-likeness (QED) is 0.742. The number of thiophene rings is 1. The maximum absolute atomic E-state index is 14.2. The van der Waals surface area contributed by atoms with Crippen molar-refractivity contribution in [1.29, 1.82) is 5.26 Å². The van der Waals surface area contributed by atoms with Gasteiger partial charge in [-0.2, -0.15) is 5.26 Å². The second kappa shape index (κ2) is 4.58. The van der Waals surface area contributed by atoms with Gasteiger partial charge in [0, 0.05) is 26.9 Å². The average Bonchev–Trinajstić information content (AvgIpc) is 2.86. The van der Waals surface area contributed by atoms with E-state index in [2.05, 4.69) is 4.98 Å². The number of nitrogens with one attached hydrogen (secondary N) is 1. The topological polar surface area (TPSA) is 56.6 Å². The maximum Gasteiger partial charge on any atom is 0.266 e. The molecule has 0 bridgehead atoms. The maximum atomic E-state index is 14.2. The van der Waals surface area contributed by atoms with Crippen molar-refractivity contribution in [2.75, 3.05) is 0 Å². The molecule has 2 aromatic heterocycles. The summed E-state index contributed by atoms with van der Waals surface area (Å²) in [6.45, 7) is 1.71. The van der Waals surface area contributed by atoms with Crippen LogP contribution in [0, 0.1) is 24.1 Å². The highest BCUT2D eigenvalue weighted by atomic mass is 32.1. The fourth-order valence-electron chi connectivity index (χ4n) is 2.29. The zero-order chi connectivity index (χ0) is 14.3. The van der Waals surface area contributed by atoms with Gasteiger partial charge in [-0.3, -0.25) is 4.79 Å². The molecule has 0 unspecified atom stereocenters. The molecule has 0 saturated carbocycles. The van der Waals surface area contributed by atoms with Crippen molar-refractivity contribution in [3.63, 3.8) is 0 Å². The Hall–Kier alpha value is -2.45. The Balaban J connectivity index is 2.49. The number of fused-ring (bicyclic) bond motifs is 1. The lowest BCUT2D eigenvalue weighted by Gasteiger charge is -2.08. The smallest absolute Gasteiger partial charge is 0.266 e. The number of hydrogen-bond acceptors (Lipinski definition) is 3. The molecule has 0 aliphatic carbocycles. The third-order valence-corrected chi connectivity index (χ3v) is 4.02. The lowest BCUT2D eigenvalue weighted by Crippen LogP contribution is -2.13. The van der Waals surface area contributed by atoms with Crippen LogP contribution in [-0.4, -0.2) is 4.98 Å². The van der Waals surface area contributed by atoms with E-state index in [-0.39, 0.29) is 5.56 Å². The minimum Gasteiger partial charge on any atom is -0.325 e.